The van der Waals surface area contributed by atoms with E-state index in [0.29, 0.717) is 5.88 Å². The minimum Gasteiger partial charge on any atom is -0.257 e. The maximum atomic E-state index is 5.59. The van der Waals surface area contributed by atoms with Crippen molar-refractivity contribution in [3.8, 4) is 0 Å². The first-order valence-electron chi connectivity index (χ1n) is 3.23. The molecule has 1 aromatic rings. The lowest BCUT2D eigenvalue weighted by atomic mass is 10.2. The summed E-state index contributed by atoms with van der Waals surface area (Å²) < 4.78 is 0. The highest BCUT2D eigenvalue weighted by Gasteiger charge is 1.94. The van der Waals surface area contributed by atoms with E-state index in [4.69, 9.17) is 11.6 Å². The number of aryl methyl sites for hydroxylation is 2. The molecule has 0 aliphatic carbocycles. The summed E-state index contributed by atoms with van der Waals surface area (Å²) in [5.41, 5.74) is 3.23. The second kappa shape index (κ2) is 4.58. The van der Waals surface area contributed by atoms with Crippen molar-refractivity contribution in [3.63, 3.8) is 0 Å². The maximum Gasteiger partial charge on any atom is 0.0647 e. The number of halogens is 2. The lowest BCUT2D eigenvalue weighted by molar-refractivity contribution is 1.07. The Bertz CT molecular complexity index is 236. The Morgan fingerprint density at radius 3 is 2.45 bits per heavy atom. The fraction of sp³-hybridized carbons (Fsp3) is 0.375. The zero-order valence-electron chi connectivity index (χ0n) is 6.60. The van der Waals surface area contributed by atoms with E-state index in [1.165, 1.54) is 5.56 Å². The Kier molecular flexibility index (Phi) is 4.46. The standard InChI is InChI=1S/C8H10ClN.ClH/c1-6-3-4-8(5-9)10-7(6)2;/h3-4H,5H2,1-2H3;1H. The van der Waals surface area contributed by atoms with Crippen LogP contribution in [-0.2, 0) is 5.88 Å². The van der Waals surface area contributed by atoms with Gasteiger partial charge in [-0.25, -0.2) is 0 Å². The summed E-state index contributed by atoms with van der Waals surface area (Å²) in [4.78, 5) is 4.26. The van der Waals surface area contributed by atoms with E-state index in [-0.39, 0.29) is 12.4 Å². The molecule has 62 valence electrons. The van der Waals surface area contributed by atoms with Gasteiger partial charge in [0.1, 0.15) is 0 Å². The summed E-state index contributed by atoms with van der Waals surface area (Å²) in [5, 5.41) is 0. The fourth-order valence-electron chi connectivity index (χ4n) is 0.757. The Hall–Kier alpha value is -0.270. The van der Waals surface area contributed by atoms with Crippen molar-refractivity contribution in [1.82, 2.24) is 4.98 Å². The topological polar surface area (TPSA) is 12.9 Å². The molecule has 0 saturated carbocycles. The highest BCUT2D eigenvalue weighted by atomic mass is 35.5. The molecule has 1 nitrogen and oxygen atoms in total. The number of alkyl halides is 1. The third-order valence-electron chi connectivity index (χ3n) is 1.54. The maximum absolute atomic E-state index is 5.59. The van der Waals surface area contributed by atoms with Gasteiger partial charge in [-0.3, -0.25) is 4.98 Å². The van der Waals surface area contributed by atoms with Crippen molar-refractivity contribution in [1.29, 1.82) is 0 Å². The second-order valence-corrected chi connectivity index (χ2v) is 2.61. The van der Waals surface area contributed by atoms with Crippen LogP contribution in [0.1, 0.15) is 17.0 Å². The van der Waals surface area contributed by atoms with Crippen LogP contribution in [-0.4, -0.2) is 4.98 Å². The number of rotatable bonds is 1. The summed E-state index contributed by atoms with van der Waals surface area (Å²) in [6, 6.07) is 4.00. The van der Waals surface area contributed by atoms with Gasteiger partial charge in [-0.1, -0.05) is 6.07 Å². The Morgan fingerprint density at radius 1 is 1.36 bits per heavy atom. The summed E-state index contributed by atoms with van der Waals surface area (Å²) in [6.45, 7) is 4.03. The van der Waals surface area contributed by atoms with Gasteiger partial charge in [0, 0.05) is 5.69 Å². The molecule has 0 aromatic carbocycles. The Labute approximate surface area is 78.2 Å². The lowest BCUT2D eigenvalue weighted by Gasteiger charge is -1.99. The molecular weight excluding hydrogens is 181 g/mol. The van der Waals surface area contributed by atoms with Gasteiger partial charge in [0.2, 0.25) is 0 Å². The summed E-state index contributed by atoms with van der Waals surface area (Å²) in [7, 11) is 0. The molecule has 0 aliphatic rings. The minimum absolute atomic E-state index is 0. The third kappa shape index (κ3) is 2.68. The molecule has 1 rings (SSSR count). The molecule has 0 unspecified atom stereocenters. The van der Waals surface area contributed by atoms with Crippen LogP contribution >= 0.6 is 24.0 Å². The monoisotopic (exact) mass is 191 g/mol. The number of aromatic nitrogens is 1. The molecule has 1 heterocycles. The van der Waals surface area contributed by atoms with Crippen molar-refractivity contribution < 1.29 is 0 Å². The molecule has 0 N–H and O–H groups in total. The summed E-state index contributed by atoms with van der Waals surface area (Å²) >= 11 is 5.59. The van der Waals surface area contributed by atoms with Gasteiger partial charge in [0.05, 0.1) is 11.6 Å². The molecular formula is C8H11Cl2N. The van der Waals surface area contributed by atoms with Crippen LogP contribution in [0.4, 0.5) is 0 Å². The van der Waals surface area contributed by atoms with Crippen LogP contribution in [0.5, 0.6) is 0 Å². The average Bonchev–Trinajstić information content (AvgIpc) is 1.95. The molecule has 0 aliphatic heterocycles. The van der Waals surface area contributed by atoms with Crippen molar-refractivity contribution in [2.24, 2.45) is 0 Å². The number of hydrogen-bond acceptors (Lipinski definition) is 1. The zero-order chi connectivity index (χ0) is 7.56. The predicted octanol–water partition coefficient (Wildman–Crippen LogP) is 2.86. The summed E-state index contributed by atoms with van der Waals surface area (Å²) in [6.07, 6.45) is 0. The van der Waals surface area contributed by atoms with Crippen LogP contribution in [0, 0.1) is 13.8 Å². The van der Waals surface area contributed by atoms with E-state index >= 15 is 0 Å². The minimum atomic E-state index is 0. The first-order valence-corrected chi connectivity index (χ1v) is 3.76. The molecule has 0 bridgehead atoms. The van der Waals surface area contributed by atoms with Gasteiger partial charge >= 0.3 is 0 Å². The molecule has 3 heteroatoms. The van der Waals surface area contributed by atoms with Gasteiger partial charge in [-0.05, 0) is 25.5 Å². The Balaban J connectivity index is 0.000001000. The van der Waals surface area contributed by atoms with E-state index in [1.807, 2.05) is 26.0 Å². The second-order valence-electron chi connectivity index (χ2n) is 2.34. The molecule has 1 aromatic heterocycles. The van der Waals surface area contributed by atoms with Gasteiger partial charge in [-0.2, -0.15) is 0 Å². The van der Waals surface area contributed by atoms with Crippen molar-refractivity contribution in [2.75, 3.05) is 0 Å². The molecule has 0 saturated heterocycles. The highest BCUT2D eigenvalue weighted by molar-refractivity contribution is 6.16. The number of pyridine rings is 1. The molecule has 0 atom stereocenters. The van der Waals surface area contributed by atoms with Crippen LogP contribution in [0.15, 0.2) is 12.1 Å². The Morgan fingerprint density at radius 2 is 2.00 bits per heavy atom. The molecule has 0 radical (unpaired) electrons. The quantitative estimate of drug-likeness (QED) is 0.623. The van der Waals surface area contributed by atoms with E-state index in [2.05, 4.69) is 4.98 Å². The lowest BCUT2D eigenvalue weighted by Crippen LogP contribution is -1.90. The first-order chi connectivity index (χ1) is 4.74. The molecule has 0 fully saturated rings. The van der Waals surface area contributed by atoms with Gasteiger partial charge in [0.25, 0.3) is 0 Å². The van der Waals surface area contributed by atoms with Gasteiger partial charge in [0.15, 0.2) is 0 Å². The predicted molar refractivity (Wildman–Crippen MR) is 50.5 cm³/mol. The molecule has 0 spiro atoms. The normalized spacial score (nSPS) is 9.00. The van der Waals surface area contributed by atoms with E-state index in [9.17, 15) is 0 Å². The van der Waals surface area contributed by atoms with Gasteiger partial charge < -0.3 is 0 Å². The van der Waals surface area contributed by atoms with Crippen molar-refractivity contribution in [2.45, 2.75) is 19.7 Å². The third-order valence-corrected chi connectivity index (χ3v) is 1.82. The summed E-state index contributed by atoms with van der Waals surface area (Å²) in [5.74, 6) is 0.501. The zero-order valence-corrected chi connectivity index (χ0v) is 8.17. The number of hydrogen-bond donors (Lipinski definition) is 0. The molecule has 0 amide bonds. The number of nitrogens with zero attached hydrogens (tertiary/aromatic N) is 1. The average molecular weight is 192 g/mol. The highest BCUT2D eigenvalue weighted by Crippen LogP contribution is 2.06. The van der Waals surface area contributed by atoms with E-state index in [1.54, 1.807) is 0 Å². The van der Waals surface area contributed by atoms with Gasteiger partial charge in [-0.15, -0.1) is 24.0 Å². The van der Waals surface area contributed by atoms with E-state index < -0.39 is 0 Å². The molecule has 11 heavy (non-hydrogen) atoms. The van der Waals surface area contributed by atoms with Crippen molar-refractivity contribution >= 4 is 24.0 Å². The first kappa shape index (κ1) is 10.7. The van der Waals surface area contributed by atoms with Crippen molar-refractivity contribution in [3.05, 3.63) is 29.1 Å². The van der Waals surface area contributed by atoms with Crippen LogP contribution in [0.3, 0.4) is 0 Å². The smallest absolute Gasteiger partial charge is 0.0647 e. The fourth-order valence-corrected chi connectivity index (χ4v) is 0.906. The van der Waals surface area contributed by atoms with E-state index in [0.717, 1.165) is 11.4 Å². The van der Waals surface area contributed by atoms with Crippen LogP contribution in [0.25, 0.3) is 0 Å². The largest absolute Gasteiger partial charge is 0.257 e. The van der Waals surface area contributed by atoms with Crippen LogP contribution < -0.4 is 0 Å². The van der Waals surface area contributed by atoms with Crippen LogP contribution in [0.2, 0.25) is 0 Å². The SMILES string of the molecule is Cc1ccc(CCl)nc1C.Cl.